The molecule has 6 nitrogen and oxygen atoms in total. The van der Waals surface area contributed by atoms with E-state index in [2.05, 4.69) is 21.3 Å². The van der Waals surface area contributed by atoms with Crippen molar-refractivity contribution in [2.75, 3.05) is 30.4 Å². The Bertz CT molecular complexity index is 867. The van der Waals surface area contributed by atoms with Gasteiger partial charge in [0.25, 0.3) is 0 Å². The van der Waals surface area contributed by atoms with Crippen molar-refractivity contribution in [2.45, 2.75) is 19.8 Å². The van der Waals surface area contributed by atoms with Crippen molar-refractivity contribution >= 4 is 28.5 Å². The van der Waals surface area contributed by atoms with Gasteiger partial charge in [-0.25, -0.2) is 0 Å². The first-order valence-electron chi connectivity index (χ1n) is 8.27. The van der Waals surface area contributed by atoms with Crippen molar-refractivity contribution in [1.29, 1.82) is 0 Å². The zero-order valence-electron chi connectivity index (χ0n) is 14.0. The van der Waals surface area contributed by atoms with Crippen LogP contribution in [0.15, 0.2) is 30.3 Å². The molecule has 2 N–H and O–H groups in total. The Morgan fingerprint density at radius 2 is 1.96 bits per heavy atom. The highest BCUT2D eigenvalue weighted by atomic mass is 16.5. The van der Waals surface area contributed by atoms with Crippen molar-refractivity contribution in [3.63, 3.8) is 0 Å². The van der Waals surface area contributed by atoms with E-state index in [1.54, 1.807) is 7.11 Å². The summed E-state index contributed by atoms with van der Waals surface area (Å²) in [6.07, 6.45) is 2.39. The smallest absolute Gasteiger partial charge is 0.229 e. The van der Waals surface area contributed by atoms with E-state index in [1.165, 1.54) is 12.8 Å². The molecule has 1 fully saturated rings. The average molecular weight is 323 g/mol. The Hall–Kier alpha value is -2.76. The minimum absolute atomic E-state index is 0.777. The van der Waals surface area contributed by atoms with Gasteiger partial charge < -0.3 is 19.9 Å². The predicted octanol–water partition coefficient (Wildman–Crippen LogP) is 3.62. The number of fused-ring (bicyclic) bond motifs is 1. The second-order valence-corrected chi connectivity index (χ2v) is 6.11. The van der Waals surface area contributed by atoms with E-state index < -0.39 is 0 Å². The van der Waals surface area contributed by atoms with E-state index in [0.717, 1.165) is 53.0 Å². The molecule has 1 aliphatic heterocycles. The quantitative estimate of drug-likeness (QED) is 0.767. The molecule has 24 heavy (non-hydrogen) atoms. The number of hydrogen-bond donors (Lipinski definition) is 2. The summed E-state index contributed by atoms with van der Waals surface area (Å²) in [6, 6.07) is 9.93. The van der Waals surface area contributed by atoms with Crippen molar-refractivity contribution in [3.8, 4) is 5.75 Å². The molecule has 0 radical (unpaired) electrons. The number of methoxy groups -OCH3 is 1. The molecule has 4 rings (SSSR count). The fraction of sp³-hybridized carbons (Fsp3) is 0.333. The SMILES string of the molecule is COc1ccccc1Nc1nc(N2CCCC2)nc2[nH]c(C)cc12. The molecule has 1 aromatic carbocycles. The van der Waals surface area contributed by atoms with Crippen LogP contribution in [0.1, 0.15) is 18.5 Å². The van der Waals surface area contributed by atoms with Gasteiger partial charge in [-0.1, -0.05) is 12.1 Å². The molecular weight excluding hydrogens is 302 g/mol. The second kappa shape index (κ2) is 6.03. The van der Waals surface area contributed by atoms with Crippen LogP contribution in [0, 0.1) is 6.92 Å². The number of anilines is 3. The normalized spacial score (nSPS) is 14.3. The Kier molecular flexibility index (Phi) is 3.72. The van der Waals surface area contributed by atoms with Crippen LogP contribution in [0.5, 0.6) is 5.75 Å². The summed E-state index contributed by atoms with van der Waals surface area (Å²) in [5.41, 5.74) is 2.83. The van der Waals surface area contributed by atoms with Crippen LogP contribution in [0.2, 0.25) is 0 Å². The topological polar surface area (TPSA) is 66.1 Å². The first-order valence-corrected chi connectivity index (χ1v) is 8.27. The van der Waals surface area contributed by atoms with E-state index in [4.69, 9.17) is 14.7 Å². The van der Waals surface area contributed by atoms with Gasteiger partial charge in [0.05, 0.1) is 18.2 Å². The number of ether oxygens (including phenoxy) is 1. The standard InChI is InChI=1S/C18H21N5O/c1-12-11-13-16(19-12)21-18(23-9-5-6-10-23)22-17(13)20-14-7-3-4-8-15(14)24-2/h3-4,7-8,11H,5-6,9-10H2,1-2H3,(H2,19,20,21,22). The Labute approximate surface area is 140 Å². The molecule has 1 saturated heterocycles. The maximum absolute atomic E-state index is 5.44. The third-order valence-electron chi connectivity index (χ3n) is 4.36. The monoisotopic (exact) mass is 323 g/mol. The maximum atomic E-state index is 5.44. The maximum Gasteiger partial charge on any atom is 0.229 e. The summed E-state index contributed by atoms with van der Waals surface area (Å²) < 4.78 is 5.44. The minimum atomic E-state index is 0.777. The number of rotatable bonds is 4. The molecular formula is C18H21N5O. The van der Waals surface area contributed by atoms with Crippen LogP contribution < -0.4 is 15.0 Å². The van der Waals surface area contributed by atoms with Crippen LogP contribution in [-0.4, -0.2) is 35.2 Å². The summed E-state index contributed by atoms with van der Waals surface area (Å²) in [5.74, 6) is 2.37. The summed E-state index contributed by atoms with van der Waals surface area (Å²) in [7, 11) is 1.67. The van der Waals surface area contributed by atoms with Crippen molar-refractivity contribution in [3.05, 3.63) is 36.0 Å². The first-order chi connectivity index (χ1) is 11.7. The molecule has 0 bridgehead atoms. The molecule has 0 atom stereocenters. The number of H-pyrrole nitrogens is 1. The average Bonchev–Trinajstić information content (AvgIpc) is 3.24. The molecule has 0 unspecified atom stereocenters. The number of aromatic nitrogens is 3. The third-order valence-corrected chi connectivity index (χ3v) is 4.36. The lowest BCUT2D eigenvalue weighted by molar-refractivity contribution is 0.417. The lowest BCUT2D eigenvalue weighted by atomic mass is 10.2. The molecule has 0 amide bonds. The highest BCUT2D eigenvalue weighted by Crippen LogP contribution is 2.31. The van der Waals surface area contributed by atoms with E-state index in [1.807, 2.05) is 31.2 Å². The van der Waals surface area contributed by atoms with Gasteiger partial charge in [-0.05, 0) is 38.0 Å². The largest absolute Gasteiger partial charge is 0.495 e. The van der Waals surface area contributed by atoms with Crippen LogP contribution in [0.4, 0.5) is 17.5 Å². The summed E-state index contributed by atoms with van der Waals surface area (Å²) in [5, 5.41) is 4.41. The Balaban J connectivity index is 1.80. The number of nitrogens with zero attached hydrogens (tertiary/aromatic N) is 3. The van der Waals surface area contributed by atoms with Gasteiger partial charge in [-0.3, -0.25) is 0 Å². The van der Waals surface area contributed by atoms with E-state index in [0.29, 0.717) is 0 Å². The third kappa shape index (κ3) is 2.64. The van der Waals surface area contributed by atoms with E-state index in [9.17, 15) is 0 Å². The van der Waals surface area contributed by atoms with Gasteiger partial charge in [-0.15, -0.1) is 0 Å². The number of nitrogens with one attached hydrogen (secondary N) is 2. The Morgan fingerprint density at radius 1 is 1.17 bits per heavy atom. The van der Waals surface area contributed by atoms with Gasteiger partial charge in [0, 0.05) is 18.8 Å². The molecule has 3 heterocycles. The van der Waals surface area contributed by atoms with Crippen molar-refractivity contribution in [2.24, 2.45) is 0 Å². The zero-order chi connectivity index (χ0) is 16.5. The predicted molar refractivity (Wildman–Crippen MR) is 96.3 cm³/mol. The van der Waals surface area contributed by atoms with Crippen molar-refractivity contribution in [1.82, 2.24) is 15.0 Å². The molecule has 124 valence electrons. The lowest BCUT2D eigenvalue weighted by Gasteiger charge is -2.17. The van der Waals surface area contributed by atoms with Crippen LogP contribution >= 0.6 is 0 Å². The lowest BCUT2D eigenvalue weighted by Crippen LogP contribution is -2.20. The van der Waals surface area contributed by atoms with Crippen LogP contribution in [0.3, 0.4) is 0 Å². The van der Waals surface area contributed by atoms with E-state index in [-0.39, 0.29) is 0 Å². The summed E-state index contributed by atoms with van der Waals surface area (Å²) >= 11 is 0. The molecule has 2 aromatic heterocycles. The highest BCUT2D eigenvalue weighted by molar-refractivity contribution is 5.91. The first kappa shape index (κ1) is 14.8. The summed E-state index contributed by atoms with van der Waals surface area (Å²) in [6.45, 7) is 4.06. The molecule has 0 spiro atoms. The minimum Gasteiger partial charge on any atom is -0.495 e. The number of aryl methyl sites for hydroxylation is 1. The number of benzene rings is 1. The Morgan fingerprint density at radius 3 is 2.75 bits per heavy atom. The molecule has 0 aliphatic carbocycles. The zero-order valence-corrected chi connectivity index (χ0v) is 14.0. The van der Waals surface area contributed by atoms with Gasteiger partial charge in [0.2, 0.25) is 5.95 Å². The number of para-hydroxylation sites is 2. The van der Waals surface area contributed by atoms with Gasteiger partial charge in [-0.2, -0.15) is 9.97 Å². The van der Waals surface area contributed by atoms with Crippen LogP contribution in [-0.2, 0) is 0 Å². The van der Waals surface area contributed by atoms with Crippen molar-refractivity contribution < 1.29 is 4.74 Å². The molecule has 1 aliphatic rings. The van der Waals surface area contributed by atoms with Crippen LogP contribution in [0.25, 0.3) is 11.0 Å². The van der Waals surface area contributed by atoms with E-state index >= 15 is 0 Å². The number of aromatic amines is 1. The second-order valence-electron chi connectivity index (χ2n) is 6.11. The fourth-order valence-corrected chi connectivity index (χ4v) is 3.16. The highest BCUT2D eigenvalue weighted by Gasteiger charge is 2.19. The molecule has 3 aromatic rings. The molecule has 0 saturated carbocycles. The summed E-state index contributed by atoms with van der Waals surface area (Å²) in [4.78, 5) is 15.1. The fourth-order valence-electron chi connectivity index (χ4n) is 3.16. The van der Waals surface area contributed by atoms with Gasteiger partial charge in [0.15, 0.2) is 0 Å². The molecule has 6 heteroatoms. The van der Waals surface area contributed by atoms with Gasteiger partial charge >= 0.3 is 0 Å². The number of hydrogen-bond acceptors (Lipinski definition) is 5. The van der Waals surface area contributed by atoms with Gasteiger partial charge in [0.1, 0.15) is 17.2 Å².